The molecule has 0 saturated carbocycles. The van der Waals surface area contributed by atoms with Crippen molar-refractivity contribution in [1.29, 1.82) is 0 Å². The summed E-state index contributed by atoms with van der Waals surface area (Å²) < 4.78 is 5.17. The highest BCUT2D eigenvalue weighted by Gasteiger charge is 2.35. The highest BCUT2D eigenvalue weighted by Crippen LogP contribution is 2.24. The van der Waals surface area contributed by atoms with Crippen molar-refractivity contribution in [2.45, 2.75) is 6.04 Å². The highest BCUT2D eigenvalue weighted by molar-refractivity contribution is 6.05. The number of nitrogens with zero attached hydrogens (tertiary/aromatic N) is 1. The summed E-state index contributed by atoms with van der Waals surface area (Å²) in [4.78, 5) is 36.7. The zero-order valence-electron chi connectivity index (χ0n) is 11.5. The van der Waals surface area contributed by atoms with Crippen LogP contribution < -0.4 is 10.6 Å². The number of fused-ring (bicyclic) bond motifs is 1. The monoisotopic (exact) mass is 289 g/mol. The molecule has 4 amide bonds. The van der Waals surface area contributed by atoms with Crippen LogP contribution in [0.15, 0.2) is 35.6 Å². The third-order valence-electron chi connectivity index (χ3n) is 3.66. The van der Waals surface area contributed by atoms with Gasteiger partial charge in [0.1, 0.15) is 11.8 Å². The van der Waals surface area contributed by atoms with Crippen LogP contribution in [-0.2, 0) is 14.3 Å². The maximum atomic E-state index is 12.4. The van der Waals surface area contributed by atoms with Crippen molar-refractivity contribution < 1.29 is 19.1 Å². The third-order valence-corrected chi connectivity index (χ3v) is 3.66. The Morgan fingerprint density at radius 1 is 1.38 bits per heavy atom. The molecule has 110 valence electrons. The lowest BCUT2D eigenvalue weighted by Gasteiger charge is -2.30. The Hall–Kier alpha value is -2.57. The van der Waals surface area contributed by atoms with Crippen LogP contribution in [-0.4, -0.2) is 49.0 Å². The van der Waals surface area contributed by atoms with E-state index < -0.39 is 18.0 Å². The molecule has 2 bridgehead atoms. The van der Waals surface area contributed by atoms with Crippen molar-refractivity contribution in [2.24, 2.45) is 5.92 Å². The first kappa shape index (κ1) is 13.4. The number of allylic oxidation sites excluding steroid dienone is 1. The molecule has 21 heavy (non-hydrogen) atoms. The van der Waals surface area contributed by atoms with Gasteiger partial charge >= 0.3 is 6.03 Å². The van der Waals surface area contributed by atoms with Gasteiger partial charge in [-0.3, -0.25) is 14.9 Å². The van der Waals surface area contributed by atoms with Crippen LogP contribution >= 0.6 is 0 Å². The number of carbonyl (C=O) groups excluding carboxylic acids is 3. The maximum Gasteiger partial charge on any atom is 0.322 e. The predicted octanol–water partition coefficient (Wildman–Crippen LogP) is -0.321. The lowest BCUT2D eigenvalue weighted by molar-refractivity contribution is -0.129. The molecule has 0 aromatic rings. The summed E-state index contributed by atoms with van der Waals surface area (Å²) >= 11 is 0. The first-order chi connectivity index (χ1) is 10.1. The Morgan fingerprint density at radius 2 is 2.19 bits per heavy atom. The second kappa shape index (κ2) is 5.08. The maximum absolute atomic E-state index is 12.4. The number of ether oxygens (including phenoxy) is 1. The zero-order chi connectivity index (χ0) is 15.0. The van der Waals surface area contributed by atoms with Gasteiger partial charge in [0.2, 0.25) is 0 Å². The summed E-state index contributed by atoms with van der Waals surface area (Å²) in [5.41, 5.74) is 0.540. The Balaban J connectivity index is 1.78. The number of hydrogen-bond donors (Lipinski definition) is 2. The van der Waals surface area contributed by atoms with E-state index in [1.54, 1.807) is 18.1 Å². The molecule has 1 saturated heterocycles. The summed E-state index contributed by atoms with van der Waals surface area (Å²) in [7, 11) is 1.55. The minimum atomic E-state index is -0.697. The molecule has 0 aromatic carbocycles. The van der Waals surface area contributed by atoms with E-state index in [1.165, 1.54) is 0 Å². The Morgan fingerprint density at radius 3 is 2.86 bits per heavy atom. The highest BCUT2D eigenvalue weighted by atomic mass is 16.5. The van der Waals surface area contributed by atoms with E-state index in [0.29, 0.717) is 17.9 Å². The third kappa shape index (κ3) is 2.54. The standard InChI is InChI=1S/C14H15N3O4/c1-21-10-3-2-8-4-9(5-10)13(19)17(6-8)7-11-12(18)16-14(20)15-11/h2-5,8,11H,6-7H2,1H3,(H2,15,16,18,20)/t8?,11-/m0/s1. The molecular weight excluding hydrogens is 274 g/mol. The van der Waals surface area contributed by atoms with Gasteiger partial charge in [0.25, 0.3) is 11.8 Å². The van der Waals surface area contributed by atoms with Crippen molar-refractivity contribution >= 4 is 17.8 Å². The number of hydrogen-bond acceptors (Lipinski definition) is 4. The van der Waals surface area contributed by atoms with Gasteiger partial charge in [-0.1, -0.05) is 12.2 Å². The fourth-order valence-electron chi connectivity index (χ4n) is 2.61. The first-order valence-electron chi connectivity index (χ1n) is 6.63. The minimum Gasteiger partial charge on any atom is -0.497 e. The largest absolute Gasteiger partial charge is 0.497 e. The Labute approximate surface area is 121 Å². The molecule has 0 spiro atoms. The molecule has 2 heterocycles. The van der Waals surface area contributed by atoms with Gasteiger partial charge < -0.3 is 15.0 Å². The van der Waals surface area contributed by atoms with E-state index in [-0.39, 0.29) is 18.4 Å². The number of rotatable bonds is 3. The van der Waals surface area contributed by atoms with E-state index in [4.69, 9.17) is 4.74 Å². The smallest absolute Gasteiger partial charge is 0.322 e. The minimum absolute atomic E-state index is 0.0711. The second-order valence-corrected chi connectivity index (χ2v) is 5.12. The summed E-state index contributed by atoms with van der Waals surface area (Å²) in [6, 6.07) is -1.22. The van der Waals surface area contributed by atoms with E-state index >= 15 is 0 Å². The van der Waals surface area contributed by atoms with Crippen LogP contribution in [0.3, 0.4) is 0 Å². The van der Waals surface area contributed by atoms with Gasteiger partial charge in [-0.25, -0.2) is 4.79 Å². The number of amides is 4. The Bertz CT molecular complexity index is 605. The van der Waals surface area contributed by atoms with Crippen LogP contribution in [0.2, 0.25) is 0 Å². The van der Waals surface area contributed by atoms with Crippen LogP contribution in [0.1, 0.15) is 0 Å². The average molecular weight is 289 g/mol. The topological polar surface area (TPSA) is 87.7 Å². The van der Waals surface area contributed by atoms with Crippen molar-refractivity contribution in [3.8, 4) is 0 Å². The van der Waals surface area contributed by atoms with E-state index in [2.05, 4.69) is 10.6 Å². The quantitative estimate of drug-likeness (QED) is 0.697. The van der Waals surface area contributed by atoms with Crippen LogP contribution in [0.5, 0.6) is 0 Å². The number of urea groups is 1. The predicted molar refractivity (Wildman–Crippen MR) is 72.8 cm³/mol. The fourth-order valence-corrected chi connectivity index (χ4v) is 2.61. The summed E-state index contributed by atoms with van der Waals surface area (Å²) in [6.07, 6.45) is 7.34. The molecule has 1 fully saturated rings. The first-order valence-corrected chi connectivity index (χ1v) is 6.63. The number of carbonyl (C=O) groups is 3. The summed E-state index contributed by atoms with van der Waals surface area (Å²) in [5.74, 6) is 0.116. The van der Waals surface area contributed by atoms with E-state index in [1.807, 2.05) is 18.2 Å². The van der Waals surface area contributed by atoms with Crippen LogP contribution in [0, 0.1) is 5.92 Å². The van der Waals surface area contributed by atoms with Crippen LogP contribution in [0.4, 0.5) is 4.79 Å². The molecule has 7 heteroatoms. The molecule has 0 aromatic heterocycles. The van der Waals surface area contributed by atoms with Crippen molar-refractivity contribution in [3.63, 3.8) is 0 Å². The summed E-state index contributed by atoms with van der Waals surface area (Å²) in [6.45, 7) is 0.636. The SMILES string of the molecule is COC1=CC2=CC(C=C1)CN(C[C@@H]1NC(=O)NC1=O)C2=O. The molecule has 1 unspecified atom stereocenters. The molecule has 0 radical (unpaired) electrons. The molecule has 2 aliphatic heterocycles. The van der Waals surface area contributed by atoms with Gasteiger partial charge in [0.05, 0.1) is 13.7 Å². The molecule has 3 aliphatic rings. The molecule has 2 N–H and O–H groups in total. The van der Waals surface area contributed by atoms with Crippen molar-refractivity contribution in [2.75, 3.05) is 20.2 Å². The molecule has 2 atom stereocenters. The number of nitrogens with one attached hydrogen (secondary N) is 2. The Kier molecular flexibility index (Phi) is 3.25. The van der Waals surface area contributed by atoms with Gasteiger partial charge in [-0.05, 0) is 12.2 Å². The molecular formula is C14H15N3O4. The number of imide groups is 1. The number of methoxy groups -OCH3 is 1. The van der Waals surface area contributed by atoms with Gasteiger partial charge in [0, 0.05) is 18.0 Å². The zero-order valence-corrected chi connectivity index (χ0v) is 11.5. The summed E-state index contributed by atoms with van der Waals surface area (Å²) in [5, 5.41) is 4.66. The second-order valence-electron chi connectivity index (χ2n) is 5.12. The fraction of sp³-hybridized carbons (Fsp3) is 0.357. The van der Waals surface area contributed by atoms with Gasteiger partial charge in [-0.2, -0.15) is 0 Å². The van der Waals surface area contributed by atoms with E-state index in [9.17, 15) is 14.4 Å². The average Bonchev–Trinajstić information content (AvgIpc) is 2.68. The molecule has 3 rings (SSSR count). The lowest BCUT2D eigenvalue weighted by Crippen LogP contribution is -2.47. The lowest BCUT2D eigenvalue weighted by atomic mass is 9.99. The van der Waals surface area contributed by atoms with Crippen molar-refractivity contribution in [3.05, 3.63) is 35.6 Å². The van der Waals surface area contributed by atoms with Crippen LogP contribution in [0.25, 0.3) is 0 Å². The normalized spacial score (nSPS) is 27.7. The van der Waals surface area contributed by atoms with E-state index in [0.717, 1.165) is 0 Å². The van der Waals surface area contributed by atoms with Crippen molar-refractivity contribution in [1.82, 2.24) is 15.5 Å². The molecule has 7 nitrogen and oxygen atoms in total. The van der Waals surface area contributed by atoms with Gasteiger partial charge in [0.15, 0.2) is 0 Å². The van der Waals surface area contributed by atoms with Gasteiger partial charge in [-0.15, -0.1) is 0 Å². The molecule has 1 aliphatic carbocycles.